The van der Waals surface area contributed by atoms with Crippen LogP contribution in [-0.2, 0) is 19.9 Å². The van der Waals surface area contributed by atoms with Gasteiger partial charge >= 0.3 is 0 Å². The summed E-state index contributed by atoms with van der Waals surface area (Å²) in [5.74, 6) is -1.88. The molecule has 2 saturated heterocycles. The number of unbranched alkanes of at least 4 members (excludes halogenated alkanes) is 1. The second kappa shape index (κ2) is 6.31. The van der Waals surface area contributed by atoms with E-state index in [1.807, 2.05) is 20.8 Å². The predicted molar refractivity (Wildman–Crippen MR) is 102 cm³/mol. The molecule has 7 heteroatoms. The lowest BCUT2D eigenvalue weighted by Gasteiger charge is -2.30. The van der Waals surface area contributed by atoms with Crippen molar-refractivity contribution in [1.29, 1.82) is 0 Å². The molecule has 1 aromatic carbocycles. The lowest BCUT2D eigenvalue weighted by atomic mass is 9.76. The zero-order valence-electron chi connectivity index (χ0n) is 15.7. The molecule has 0 aromatic heterocycles. The molecule has 27 heavy (non-hydrogen) atoms. The fraction of sp³-hybridized carbons (Fsp3) is 0.550. The second-order valence-corrected chi connectivity index (χ2v) is 8.49. The Hall–Kier alpha value is -1.92. The first-order valence-corrected chi connectivity index (χ1v) is 9.95. The van der Waals surface area contributed by atoms with Crippen molar-refractivity contribution < 1.29 is 14.4 Å². The van der Waals surface area contributed by atoms with Gasteiger partial charge in [0.25, 0.3) is 0 Å². The number of fused-ring (bicyclic) bond motifs is 4. The van der Waals surface area contributed by atoms with Gasteiger partial charge in [-0.1, -0.05) is 38.8 Å². The molecule has 0 radical (unpaired) electrons. The molecule has 4 rings (SSSR count). The molecule has 3 amide bonds. The van der Waals surface area contributed by atoms with Crippen molar-refractivity contribution in [3.63, 3.8) is 0 Å². The van der Waals surface area contributed by atoms with E-state index in [9.17, 15) is 14.4 Å². The molecular weight excluding hydrogens is 366 g/mol. The molecule has 0 aliphatic carbocycles. The number of imide groups is 1. The SMILES string of the molecule is CCCCN1C(=O)[C@H]2[C@@H](C(C)C)N[C@@]3(C(=O)Nc4ccc(Cl)cc43)[C@@H]2C1=O. The first-order valence-electron chi connectivity index (χ1n) is 9.57. The van der Waals surface area contributed by atoms with Crippen LogP contribution in [-0.4, -0.2) is 35.2 Å². The molecule has 2 N–H and O–H groups in total. The van der Waals surface area contributed by atoms with Crippen LogP contribution < -0.4 is 10.6 Å². The highest BCUT2D eigenvalue weighted by Gasteiger charge is 2.70. The van der Waals surface area contributed by atoms with Gasteiger partial charge < -0.3 is 5.32 Å². The number of rotatable bonds is 4. The van der Waals surface area contributed by atoms with E-state index in [0.29, 0.717) is 22.8 Å². The molecule has 6 nitrogen and oxygen atoms in total. The van der Waals surface area contributed by atoms with Crippen LogP contribution in [0.4, 0.5) is 5.69 Å². The van der Waals surface area contributed by atoms with Crippen molar-refractivity contribution >= 4 is 35.0 Å². The van der Waals surface area contributed by atoms with Crippen molar-refractivity contribution in [2.75, 3.05) is 11.9 Å². The van der Waals surface area contributed by atoms with E-state index in [1.54, 1.807) is 18.2 Å². The van der Waals surface area contributed by atoms with Gasteiger partial charge in [0.05, 0.1) is 11.8 Å². The first kappa shape index (κ1) is 18.4. The van der Waals surface area contributed by atoms with Crippen LogP contribution >= 0.6 is 11.6 Å². The van der Waals surface area contributed by atoms with Gasteiger partial charge in [-0.3, -0.25) is 24.6 Å². The highest BCUT2D eigenvalue weighted by molar-refractivity contribution is 6.31. The maximum absolute atomic E-state index is 13.3. The van der Waals surface area contributed by atoms with E-state index in [1.165, 1.54) is 4.90 Å². The number of nitrogens with one attached hydrogen (secondary N) is 2. The Morgan fingerprint density at radius 1 is 1.22 bits per heavy atom. The third-order valence-electron chi connectivity index (χ3n) is 6.16. The highest BCUT2D eigenvalue weighted by Crippen LogP contribution is 2.54. The molecule has 3 aliphatic heterocycles. The smallest absolute Gasteiger partial charge is 0.250 e. The largest absolute Gasteiger partial charge is 0.324 e. The van der Waals surface area contributed by atoms with Crippen LogP contribution in [0.15, 0.2) is 18.2 Å². The van der Waals surface area contributed by atoms with Crippen molar-refractivity contribution in [2.24, 2.45) is 17.8 Å². The molecule has 144 valence electrons. The number of nitrogens with zero attached hydrogens (tertiary/aromatic N) is 1. The number of amides is 3. The number of likely N-dealkylation sites (tertiary alicyclic amines) is 1. The zero-order chi connectivity index (χ0) is 19.5. The Bertz CT molecular complexity index is 840. The summed E-state index contributed by atoms with van der Waals surface area (Å²) in [6, 6.07) is 4.93. The normalized spacial score (nSPS) is 31.8. The molecule has 3 aliphatic rings. The molecule has 2 fully saturated rings. The van der Waals surface area contributed by atoms with E-state index in [4.69, 9.17) is 11.6 Å². The van der Waals surface area contributed by atoms with Crippen LogP contribution in [0.1, 0.15) is 39.2 Å². The van der Waals surface area contributed by atoms with Crippen LogP contribution in [0, 0.1) is 17.8 Å². The molecule has 3 heterocycles. The maximum Gasteiger partial charge on any atom is 0.250 e. The standard InChI is InChI=1S/C20H24ClN3O3/c1-4-5-8-24-17(25)14-15(18(24)26)20(23-16(14)10(2)3)12-9-11(21)6-7-13(12)22-19(20)27/h6-7,9-10,14-16,23H,4-5,8H2,1-3H3,(H,22,27)/t14-,15+,16-,20-/m1/s1. The quantitative estimate of drug-likeness (QED) is 0.775. The summed E-state index contributed by atoms with van der Waals surface area (Å²) < 4.78 is 0. The molecule has 1 aromatic rings. The van der Waals surface area contributed by atoms with Crippen molar-refractivity contribution in [1.82, 2.24) is 10.2 Å². The van der Waals surface area contributed by atoms with E-state index >= 15 is 0 Å². The molecule has 0 unspecified atom stereocenters. The Balaban J connectivity index is 1.86. The third-order valence-corrected chi connectivity index (χ3v) is 6.39. The summed E-state index contributed by atoms with van der Waals surface area (Å²) in [4.78, 5) is 41.0. The number of hydrogen-bond acceptors (Lipinski definition) is 4. The van der Waals surface area contributed by atoms with Crippen LogP contribution in [0.2, 0.25) is 5.02 Å². The Labute approximate surface area is 163 Å². The maximum atomic E-state index is 13.3. The summed E-state index contributed by atoms with van der Waals surface area (Å²) in [7, 11) is 0. The zero-order valence-corrected chi connectivity index (χ0v) is 16.5. The Morgan fingerprint density at radius 2 is 1.96 bits per heavy atom. The lowest BCUT2D eigenvalue weighted by Crippen LogP contribution is -2.54. The van der Waals surface area contributed by atoms with Gasteiger partial charge in [-0.15, -0.1) is 0 Å². The van der Waals surface area contributed by atoms with E-state index < -0.39 is 17.4 Å². The van der Waals surface area contributed by atoms with Gasteiger partial charge in [-0.25, -0.2) is 0 Å². The fourth-order valence-electron chi connectivity index (χ4n) is 4.88. The minimum Gasteiger partial charge on any atom is -0.324 e. The Morgan fingerprint density at radius 3 is 2.63 bits per heavy atom. The predicted octanol–water partition coefficient (Wildman–Crippen LogP) is 2.52. The third kappa shape index (κ3) is 2.39. The number of benzene rings is 1. The molecule has 0 saturated carbocycles. The fourth-order valence-corrected chi connectivity index (χ4v) is 5.05. The summed E-state index contributed by atoms with van der Waals surface area (Å²) in [5, 5.41) is 6.78. The van der Waals surface area contributed by atoms with Gasteiger partial charge in [-0.05, 0) is 30.5 Å². The summed E-state index contributed by atoms with van der Waals surface area (Å²) in [6.45, 7) is 6.44. The Kier molecular flexibility index (Phi) is 4.31. The highest BCUT2D eigenvalue weighted by atomic mass is 35.5. The number of halogens is 1. The molecule has 4 atom stereocenters. The van der Waals surface area contributed by atoms with Gasteiger partial charge in [0.2, 0.25) is 17.7 Å². The van der Waals surface area contributed by atoms with Crippen LogP contribution in [0.3, 0.4) is 0 Å². The second-order valence-electron chi connectivity index (χ2n) is 8.05. The van der Waals surface area contributed by atoms with Crippen molar-refractivity contribution in [3.05, 3.63) is 28.8 Å². The van der Waals surface area contributed by atoms with Gasteiger partial charge in [0, 0.05) is 28.9 Å². The number of anilines is 1. The van der Waals surface area contributed by atoms with Crippen molar-refractivity contribution in [2.45, 2.75) is 45.2 Å². The lowest BCUT2D eigenvalue weighted by molar-refractivity contribution is -0.143. The van der Waals surface area contributed by atoms with Crippen LogP contribution in [0.25, 0.3) is 0 Å². The van der Waals surface area contributed by atoms with Crippen molar-refractivity contribution in [3.8, 4) is 0 Å². The average molecular weight is 390 g/mol. The average Bonchev–Trinajstić information content (AvgIpc) is 3.20. The topological polar surface area (TPSA) is 78.5 Å². The number of hydrogen-bond donors (Lipinski definition) is 2. The first-order chi connectivity index (χ1) is 12.8. The van der Waals surface area contributed by atoms with Gasteiger partial charge in [-0.2, -0.15) is 0 Å². The summed E-state index contributed by atoms with van der Waals surface area (Å²) in [5.41, 5.74) is 0.0667. The summed E-state index contributed by atoms with van der Waals surface area (Å²) in [6.07, 6.45) is 1.65. The molecular formula is C20H24ClN3O3. The van der Waals surface area contributed by atoms with E-state index in [2.05, 4.69) is 10.6 Å². The van der Waals surface area contributed by atoms with E-state index in [-0.39, 0.29) is 29.7 Å². The van der Waals surface area contributed by atoms with E-state index in [0.717, 1.165) is 12.8 Å². The van der Waals surface area contributed by atoms with Crippen LogP contribution in [0.5, 0.6) is 0 Å². The monoisotopic (exact) mass is 389 g/mol. The van der Waals surface area contributed by atoms with Gasteiger partial charge in [0.15, 0.2) is 0 Å². The molecule has 0 bridgehead atoms. The number of carbonyl (C=O) groups excluding carboxylic acids is 3. The number of carbonyl (C=O) groups is 3. The summed E-state index contributed by atoms with van der Waals surface area (Å²) >= 11 is 6.21. The minimum absolute atomic E-state index is 0.0933. The minimum atomic E-state index is -1.24. The molecule has 1 spiro atoms. The van der Waals surface area contributed by atoms with Gasteiger partial charge in [0.1, 0.15) is 5.54 Å².